The molecule has 0 bridgehead atoms. The Labute approximate surface area is 97.5 Å². The molecule has 0 fully saturated rings. The van der Waals surface area contributed by atoms with E-state index in [0.29, 0.717) is 22.5 Å². The molecule has 0 unspecified atom stereocenters. The Balaban J connectivity index is 2.62. The van der Waals surface area contributed by atoms with Crippen LogP contribution in [0.25, 0.3) is 11.0 Å². The van der Waals surface area contributed by atoms with E-state index in [1.54, 1.807) is 19.2 Å². The van der Waals surface area contributed by atoms with Crippen LogP contribution in [-0.2, 0) is 4.74 Å². The van der Waals surface area contributed by atoms with E-state index < -0.39 is 5.97 Å². The van der Waals surface area contributed by atoms with Gasteiger partial charge in [0.1, 0.15) is 17.0 Å². The van der Waals surface area contributed by atoms with Crippen molar-refractivity contribution >= 4 is 17.0 Å². The van der Waals surface area contributed by atoms with E-state index >= 15 is 0 Å². The Kier molecular flexibility index (Phi) is 2.86. The average molecular weight is 236 g/mol. The average Bonchev–Trinajstić information content (AvgIpc) is 2.80. The van der Waals surface area contributed by atoms with E-state index in [0.717, 1.165) is 0 Å². The molecule has 2 aromatic rings. The predicted molar refractivity (Wildman–Crippen MR) is 60.5 cm³/mol. The van der Waals surface area contributed by atoms with Gasteiger partial charge in [-0.3, -0.25) is 0 Å². The van der Waals surface area contributed by atoms with Crippen LogP contribution in [0.2, 0.25) is 0 Å². The largest absolute Gasteiger partial charge is 0.497 e. The Hall–Kier alpha value is -2.24. The third kappa shape index (κ3) is 1.89. The molecule has 1 heterocycles. The highest BCUT2D eigenvalue weighted by Gasteiger charge is 2.15. The van der Waals surface area contributed by atoms with Gasteiger partial charge in [-0.15, -0.1) is 0 Å². The SMILES string of the molecule is COC(=O)c1nc2c(OC)cc(OC)cc2[nH]1. The van der Waals surface area contributed by atoms with Gasteiger partial charge in [-0.1, -0.05) is 0 Å². The Morgan fingerprint density at radius 1 is 1.24 bits per heavy atom. The van der Waals surface area contributed by atoms with Crippen LogP contribution >= 0.6 is 0 Å². The zero-order valence-electron chi connectivity index (χ0n) is 9.73. The molecule has 1 N–H and O–H groups in total. The number of imidazole rings is 1. The number of carbonyl (C=O) groups is 1. The summed E-state index contributed by atoms with van der Waals surface area (Å²) >= 11 is 0. The second-order valence-corrected chi connectivity index (χ2v) is 3.30. The quantitative estimate of drug-likeness (QED) is 0.814. The van der Waals surface area contributed by atoms with Gasteiger partial charge < -0.3 is 19.2 Å². The maximum atomic E-state index is 11.3. The molecular weight excluding hydrogens is 224 g/mol. The van der Waals surface area contributed by atoms with Gasteiger partial charge in [0.2, 0.25) is 5.82 Å². The third-order valence-electron chi connectivity index (χ3n) is 2.36. The molecule has 17 heavy (non-hydrogen) atoms. The van der Waals surface area contributed by atoms with Crippen LogP contribution in [0.1, 0.15) is 10.6 Å². The van der Waals surface area contributed by atoms with E-state index in [-0.39, 0.29) is 5.82 Å². The van der Waals surface area contributed by atoms with Crippen LogP contribution in [0.15, 0.2) is 12.1 Å². The maximum Gasteiger partial charge on any atom is 0.374 e. The second kappa shape index (κ2) is 4.32. The standard InChI is InChI=1S/C11H12N2O4/c1-15-6-4-7-9(8(5-6)16-2)13-10(12-7)11(14)17-3/h4-5H,1-3H3,(H,12,13). The van der Waals surface area contributed by atoms with Crippen molar-refractivity contribution in [1.82, 2.24) is 9.97 Å². The number of esters is 1. The predicted octanol–water partition coefficient (Wildman–Crippen LogP) is 1.37. The van der Waals surface area contributed by atoms with Crippen LogP contribution < -0.4 is 9.47 Å². The topological polar surface area (TPSA) is 73.4 Å². The van der Waals surface area contributed by atoms with Crippen molar-refractivity contribution in [3.8, 4) is 11.5 Å². The molecule has 6 heteroatoms. The normalized spacial score (nSPS) is 10.3. The van der Waals surface area contributed by atoms with E-state index in [1.807, 2.05) is 0 Å². The summed E-state index contributed by atoms with van der Waals surface area (Å²) in [7, 11) is 4.38. The molecule has 0 spiro atoms. The van der Waals surface area contributed by atoms with Gasteiger partial charge in [0.25, 0.3) is 0 Å². The zero-order valence-corrected chi connectivity index (χ0v) is 9.73. The van der Waals surface area contributed by atoms with Gasteiger partial charge in [-0.2, -0.15) is 0 Å². The number of aromatic nitrogens is 2. The Bertz CT molecular complexity index is 562. The van der Waals surface area contributed by atoms with Crippen molar-refractivity contribution in [3.05, 3.63) is 18.0 Å². The molecular formula is C11H12N2O4. The van der Waals surface area contributed by atoms with Crippen LogP contribution in [-0.4, -0.2) is 37.3 Å². The van der Waals surface area contributed by atoms with Crippen LogP contribution in [0.4, 0.5) is 0 Å². The third-order valence-corrected chi connectivity index (χ3v) is 2.36. The Morgan fingerprint density at radius 2 is 2.00 bits per heavy atom. The summed E-state index contributed by atoms with van der Waals surface area (Å²) in [5.74, 6) is 0.761. The number of H-pyrrole nitrogens is 1. The first-order chi connectivity index (χ1) is 8.19. The molecule has 0 aliphatic carbocycles. The molecule has 0 saturated carbocycles. The van der Waals surface area contributed by atoms with Gasteiger partial charge in [-0.05, 0) is 0 Å². The number of carbonyl (C=O) groups excluding carboxylic acids is 1. The first-order valence-corrected chi connectivity index (χ1v) is 4.89. The van der Waals surface area contributed by atoms with Crippen LogP contribution in [0.5, 0.6) is 11.5 Å². The molecule has 1 aromatic heterocycles. The number of methoxy groups -OCH3 is 3. The van der Waals surface area contributed by atoms with Crippen molar-refractivity contribution in [2.75, 3.05) is 21.3 Å². The molecule has 0 atom stereocenters. The zero-order chi connectivity index (χ0) is 12.4. The fourth-order valence-electron chi connectivity index (χ4n) is 1.53. The van der Waals surface area contributed by atoms with Crippen molar-refractivity contribution in [3.63, 3.8) is 0 Å². The summed E-state index contributed by atoms with van der Waals surface area (Å²) in [4.78, 5) is 18.3. The number of nitrogens with zero attached hydrogens (tertiary/aromatic N) is 1. The number of hydrogen-bond acceptors (Lipinski definition) is 5. The van der Waals surface area contributed by atoms with E-state index in [1.165, 1.54) is 14.2 Å². The summed E-state index contributed by atoms with van der Waals surface area (Å²) in [6.07, 6.45) is 0. The first-order valence-electron chi connectivity index (χ1n) is 4.89. The molecule has 0 amide bonds. The van der Waals surface area contributed by atoms with E-state index in [2.05, 4.69) is 14.7 Å². The number of hydrogen-bond donors (Lipinski definition) is 1. The summed E-state index contributed by atoms with van der Waals surface area (Å²) in [6, 6.07) is 3.43. The van der Waals surface area contributed by atoms with Gasteiger partial charge in [-0.25, -0.2) is 9.78 Å². The number of benzene rings is 1. The lowest BCUT2D eigenvalue weighted by molar-refractivity contribution is 0.0588. The highest BCUT2D eigenvalue weighted by Crippen LogP contribution is 2.29. The maximum absolute atomic E-state index is 11.3. The van der Waals surface area contributed by atoms with Crippen molar-refractivity contribution in [1.29, 1.82) is 0 Å². The molecule has 90 valence electrons. The van der Waals surface area contributed by atoms with Gasteiger partial charge in [0.15, 0.2) is 0 Å². The van der Waals surface area contributed by atoms with Crippen molar-refractivity contribution in [2.24, 2.45) is 0 Å². The fourth-order valence-corrected chi connectivity index (χ4v) is 1.53. The lowest BCUT2D eigenvalue weighted by Crippen LogP contribution is -2.02. The number of aromatic amines is 1. The Morgan fingerprint density at radius 3 is 2.59 bits per heavy atom. The molecule has 1 aromatic carbocycles. The molecule has 0 saturated heterocycles. The summed E-state index contributed by atoms with van der Waals surface area (Å²) in [6.45, 7) is 0. The molecule has 0 aliphatic rings. The summed E-state index contributed by atoms with van der Waals surface area (Å²) < 4.78 is 14.9. The lowest BCUT2D eigenvalue weighted by atomic mass is 10.3. The first kappa shape index (κ1) is 11.3. The minimum absolute atomic E-state index is 0.133. The molecule has 6 nitrogen and oxygen atoms in total. The summed E-state index contributed by atoms with van der Waals surface area (Å²) in [5, 5.41) is 0. The number of ether oxygens (including phenoxy) is 3. The number of nitrogens with one attached hydrogen (secondary N) is 1. The molecule has 0 aliphatic heterocycles. The van der Waals surface area contributed by atoms with Gasteiger partial charge in [0.05, 0.1) is 26.8 Å². The minimum Gasteiger partial charge on any atom is -0.497 e. The summed E-state index contributed by atoms with van der Waals surface area (Å²) in [5.41, 5.74) is 1.22. The monoisotopic (exact) mass is 236 g/mol. The van der Waals surface area contributed by atoms with Gasteiger partial charge >= 0.3 is 5.97 Å². The second-order valence-electron chi connectivity index (χ2n) is 3.30. The highest BCUT2D eigenvalue weighted by molar-refractivity contribution is 5.92. The number of fused-ring (bicyclic) bond motifs is 1. The fraction of sp³-hybridized carbons (Fsp3) is 0.273. The van der Waals surface area contributed by atoms with Crippen LogP contribution in [0, 0.1) is 0 Å². The van der Waals surface area contributed by atoms with Crippen LogP contribution in [0.3, 0.4) is 0 Å². The van der Waals surface area contributed by atoms with Crippen molar-refractivity contribution in [2.45, 2.75) is 0 Å². The molecule has 2 rings (SSSR count). The number of rotatable bonds is 3. The van der Waals surface area contributed by atoms with E-state index in [9.17, 15) is 4.79 Å². The molecule has 0 radical (unpaired) electrons. The lowest BCUT2D eigenvalue weighted by Gasteiger charge is -2.03. The van der Waals surface area contributed by atoms with Crippen molar-refractivity contribution < 1.29 is 19.0 Å². The minimum atomic E-state index is -0.526. The highest BCUT2D eigenvalue weighted by atomic mass is 16.5. The van der Waals surface area contributed by atoms with E-state index in [4.69, 9.17) is 9.47 Å². The smallest absolute Gasteiger partial charge is 0.374 e. The van der Waals surface area contributed by atoms with Gasteiger partial charge in [0, 0.05) is 12.1 Å².